The first-order valence-electron chi connectivity index (χ1n) is 8.10. The first kappa shape index (κ1) is 16.2. The van der Waals surface area contributed by atoms with E-state index in [-0.39, 0.29) is 0 Å². The number of hydrogen-bond acceptors (Lipinski definition) is 4. The van der Waals surface area contributed by atoms with E-state index >= 15 is 0 Å². The molecule has 0 bridgehead atoms. The smallest absolute Gasteiger partial charge is 0.134 e. The molecule has 23 heavy (non-hydrogen) atoms. The maximum absolute atomic E-state index is 6.01. The van der Waals surface area contributed by atoms with Gasteiger partial charge in [0.2, 0.25) is 0 Å². The van der Waals surface area contributed by atoms with E-state index in [4.69, 9.17) is 11.6 Å². The van der Waals surface area contributed by atoms with Crippen molar-refractivity contribution in [3.05, 3.63) is 53.4 Å². The summed E-state index contributed by atoms with van der Waals surface area (Å²) in [5.41, 5.74) is 1.37. The molecular formula is C18H23ClN4. The number of halogens is 1. The summed E-state index contributed by atoms with van der Waals surface area (Å²) < 4.78 is 0. The van der Waals surface area contributed by atoms with Gasteiger partial charge in [0.1, 0.15) is 17.3 Å². The van der Waals surface area contributed by atoms with Crippen LogP contribution in [0.3, 0.4) is 0 Å². The molecule has 0 radical (unpaired) electrons. The molecule has 1 aromatic carbocycles. The zero-order chi connectivity index (χ0) is 16.2. The summed E-state index contributed by atoms with van der Waals surface area (Å²) >= 11 is 6.01. The van der Waals surface area contributed by atoms with Gasteiger partial charge < -0.3 is 4.90 Å². The fourth-order valence-corrected chi connectivity index (χ4v) is 3.43. The van der Waals surface area contributed by atoms with Gasteiger partial charge in [-0.25, -0.2) is 9.97 Å². The second kappa shape index (κ2) is 7.28. The molecule has 0 aliphatic carbocycles. The highest BCUT2D eigenvalue weighted by Crippen LogP contribution is 2.26. The van der Waals surface area contributed by atoms with Crippen LogP contribution in [0.15, 0.2) is 42.7 Å². The van der Waals surface area contributed by atoms with E-state index in [1.54, 1.807) is 0 Å². The molecule has 5 heteroatoms. The van der Waals surface area contributed by atoms with Gasteiger partial charge in [0, 0.05) is 32.2 Å². The van der Waals surface area contributed by atoms with Crippen LogP contribution >= 0.6 is 11.6 Å². The lowest BCUT2D eigenvalue weighted by atomic mass is 9.92. The van der Waals surface area contributed by atoms with Crippen molar-refractivity contribution in [3.8, 4) is 0 Å². The number of anilines is 1. The van der Waals surface area contributed by atoms with Crippen molar-refractivity contribution >= 4 is 17.4 Å². The number of hydrogen-bond donors (Lipinski definition) is 0. The van der Waals surface area contributed by atoms with Gasteiger partial charge in [-0.15, -0.1) is 0 Å². The van der Waals surface area contributed by atoms with Crippen LogP contribution in [0.25, 0.3) is 0 Å². The van der Waals surface area contributed by atoms with Crippen molar-refractivity contribution in [1.82, 2.24) is 14.9 Å². The number of likely N-dealkylation sites (tertiary alicyclic amines) is 1. The molecule has 2 atom stereocenters. The van der Waals surface area contributed by atoms with E-state index in [1.807, 2.05) is 6.07 Å². The van der Waals surface area contributed by atoms with Crippen LogP contribution in [0.4, 0.5) is 5.82 Å². The summed E-state index contributed by atoms with van der Waals surface area (Å²) in [6, 6.07) is 12.9. The molecule has 0 unspecified atom stereocenters. The number of nitrogens with zero attached hydrogens (tertiary/aromatic N) is 4. The standard InChI is InChI=1S/C18H23ClN4/c1-14-8-9-23(11-15-6-4-3-5-7-15)12-16(14)22(2)18-10-17(19)20-13-21-18/h3-7,10,13-14,16H,8-9,11-12H2,1-2H3/t14-,16+/m1/s1. The Morgan fingerprint density at radius 1 is 1.26 bits per heavy atom. The third kappa shape index (κ3) is 4.01. The van der Waals surface area contributed by atoms with Crippen LogP contribution in [0.1, 0.15) is 18.9 Å². The van der Waals surface area contributed by atoms with E-state index in [0.29, 0.717) is 17.1 Å². The first-order valence-corrected chi connectivity index (χ1v) is 8.48. The maximum Gasteiger partial charge on any atom is 0.134 e. The number of piperidine rings is 1. The Kier molecular flexibility index (Phi) is 5.13. The lowest BCUT2D eigenvalue weighted by Crippen LogP contribution is -2.50. The first-order chi connectivity index (χ1) is 11.1. The Morgan fingerprint density at radius 3 is 2.78 bits per heavy atom. The van der Waals surface area contributed by atoms with Crippen LogP contribution in [0.5, 0.6) is 0 Å². The molecule has 1 saturated heterocycles. The van der Waals surface area contributed by atoms with Crippen molar-refractivity contribution < 1.29 is 0 Å². The molecular weight excluding hydrogens is 308 g/mol. The number of rotatable bonds is 4. The number of benzene rings is 1. The van der Waals surface area contributed by atoms with Gasteiger partial charge in [-0.3, -0.25) is 4.90 Å². The van der Waals surface area contributed by atoms with Crippen LogP contribution in [0.2, 0.25) is 5.15 Å². The third-order valence-corrected chi connectivity index (χ3v) is 4.94. The Bertz CT molecular complexity index is 634. The highest BCUT2D eigenvalue weighted by molar-refractivity contribution is 6.29. The Hall–Kier alpha value is -1.65. The average Bonchev–Trinajstić information content (AvgIpc) is 2.57. The summed E-state index contributed by atoms with van der Waals surface area (Å²) in [6.45, 7) is 5.51. The molecule has 4 nitrogen and oxygen atoms in total. The maximum atomic E-state index is 6.01. The van der Waals surface area contributed by atoms with Gasteiger partial charge in [0.05, 0.1) is 0 Å². The molecule has 2 aromatic rings. The molecule has 1 aliphatic rings. The second-order valence-corrected chi connectivity index (χ2v) is 6.75. The van der Waals surface area contributed by atoms with Crippen molar-refractivity contribution in [2.45, 2.75) is 25.9 Å². The summed E-state index contributed by atoms with van der Waals surface area (Å²) in [5.74, 6) is 1.52. The molecule has 3 rings (SSSR count). The third-order valence-electron chi connectivity index (χ3n) is 4.73. The predicted molar refractivity (Wildman–Crippen MR) is 94.7 cm³/mol. The summed E-state index contributed by atoms with van der Waals surface area (Å²) in [6.07, 6.45) is 2.73. The van der Waals surface area contributed by atoms with E-state index in [0.717, 1.165) is 25.5 Å². The molecule has 1 aromatic heterocycles. The Labute approximate surface area is 143 Å². The van der Waals surface area contributed by atoms with Crippen molar-refractivity contribution in [1.29, 1.82) is 0 Å². The average molecular weight is 331 g/mol. The monoisotopic (exact) mass is 330 g/mol. The molecule has 0 N–H and O–H groups in total. The molecule has 1 aliphatic heterocycles. The number of likely N-dealkylation sites (N-methyl/N-ethyl adjacent to an activating group) is 1. The zero-order valence-electron chi connectivity index (χ0n) is 13.7. The largest absolute Gasteiger partial charge is 0.355 e. The lowest BCUT2D eigenvalue weighted by Gasteiger charge is -2.42. The fourth-order valence-electron chi connectivity index (χ4n) is 3.29. The molecule has 1 fully saturated rings. The van der Waals surface area contributed by atoms with Crippen molar-refractivity contribution in [2.75, 3.05) is 25.0 Å². The SMILES string of the molecule is C[C@@H]1CCN(Cc2ccccc2)C[C@@H]1N(C)c1cc(Cl)ncn1. The Balaban J connectivity index is 1.70. The van der Waals surface area contributed by atoms with Gasteiger partial charge in [0.15, 0.2) is 0 Å². The predicted octanol–water partition coefficient (Wildman–Crippen LogP) is 3.48. The molecule has 0 amide bonds. The van der Waals surface area contributed by atoms with Crippen LogP contribution in [-0.4, -0.2) is 41.0 Å². The molecule has 122 valence electrons. The van der Waals surface area contributed by atoms with E-state index < -0.39 is 0 Å². The van der Waals surface area contributed by atoms with E-state index in [1.165, 1.54) is 18.3 Å². The summed E-state index contributed by atoms with van der Waals surface area (Å²) in [7, 11) is 2.10. The minimum absolute atomic E-state index is 0.429. The fraction of sp³-hybridized carbons (Fsp3) is 0.444. The van der Waals surface area contributed by atoms with Crippen molar-refractivity contribution in [2.24, 2.45) is 5.92 Å². The van der Waals surface area contributed by atoms with Gasteiger partial charge in [0.25, 0.3) is 0 Å². The van der Waals surface area contributed by atoms with E-state index in [9.17, 15) is 0 Å². The highest BCUT2D eigenvalue weighted by Gasteiger charge is 2.30. The van der Waals surface area contributed by atoms with Crippen LogP contribution in [0, 0.1) is 5.92 Å². The minimum atomic E-state index is 0.429. The molecule has 0 saturated carbocycles. The minimum Gasteiger partial charge on any atom is -0.355 e. The van der Waals surface area contributed by atoms with Crippen LogP contribution < -0.4 is 4.90 Å². The van der Waals surface area contributed by atoms with E-state index in [2.05, 4.69) is 64.1 Å². The molecule has 2 heterocycles. The quantitative estimate of drug-likeness (QED) is 0.803. The Morgan fingerprint density at radius 2 is 2.04 bits per heavy atom. The molecule has 0 spiro atoms. The van der Waals surface area contributed by atoms with Crippen LogP contribution in [-0.2, 0) is 6.54 Å². The topological polar surface area (TPSA) is 32.3 Å². The van der Waals surface area contributed by atoms with Crippen molar-refractivity contribution in [3.63, 3.8) is 0 Å². The lowest BCUT2D eigenvalue weighted by molar-refractivity contribution is 0.159. The summed E-state index contributed by atoms with van der Waals surface area (Å²) in [5, 5.41) is 0.492. The summed E-state index contributed by atoms with van der Waals surface area (Å²) in [4.78, 5) is 13.1. The van der Waals surface area contributed by atoms with Gasteiger partial charge in [-0.1, -0.05) is 48.9 Å². The van der Waals surface area contributed by atoms with Gasteiger partial charge in [-0.05, 0) is 24.4 Å². The second-order valence-electron chi connectivity index (χ2n) is 6.36. The normalized spacial score (nSPS) is 22.0. The number of aromatic nitrogens is 2. The highest BCUT2D eigenvalue weighted by atomic mass is 35.5. The zero-order valence-corrected chi connectivity index (χ0v) is 14.4. The van der Waals surface area contributed by atoms with Gasteiger partial charge >= 0.3 is 0 Å². The van der Waals surface area contributed by atoms with Gasteiger partial charge in [-0.2, -0.15) is 0 Å².